The Morgan fingerprint density at radius 1 is 1.35 bits per heavy atom. The number of amides is 1. The van der Waals surface area contributed by atoms with E-state index in [4.69, 9.17) is 0 Å². The first-order chi connectivity index (χ1) is 8.15. The third-order valence-electron chi connectivity index (χ3n) is 3.75. The predicted molar refractivity (Wildman–Crippen MR) is 69.7 cm³/mol. The van der Waals surface area contributed by atoms with Gasteiger partial charge in [0.25, 0.3) is 0 Å². The van der Waals surface area contributed by atoms with Gasteiger partial charge in [-0.2, -0.15) is 0 Å². The van der Waals surface area contributed by atoms with Gasteiger partial charge in [0, 0.05) is 5.92 Å². The van der Waals surface area contributed by atoms with Gasteiger partial charge in [-0.3, -0.25) is 4.79 Å². The zero-order valence-electron chi connectivity index (χ0n) is 11.2. The number of carbonyl (C=O) groups is 1. The third kappa shape index (κ3) is 5.07. The van der Waals surface area contributed by atoms with Crippen molar-refractivity contribution < 1.29 is 9.90 Å². The summed E-state index contributed by atoms with van der Waals surface area (Å²) in [7, 11) is 0. The minimum Gasteiger partial charge on any atom is -0.391 e. The third-order valence-corrected chi connectivity index (χ3v) is 3.75. The molecule has 0 heterocycles. The highest BCUT2D eigenvalue weighted by molar-refractivity contribution is 5.78. The van der Waals surface area contributed by atoms with E-state index in [0.29, 0.717) is 0 Å². The van der Waals surface area contributed by atoms with E-state index in [1.807, 2.05) is 6.92 Å². The fourth-order valence-corrected chi connectivity index (χ4v) is 2.42. The van der Waals surface area contributed by atoms with Crippen LogP contribution in [0.1, 0.15) is 65.2 Å². The summed E-state index contributed by atoms with van der Waals surface area (Å²) in [4.78, 5) is 12.0. The minimum absolute atomic E-state index is 0.0194. The molecule has 0 saturated heterocycles. The number of aliphatic hydroxyl groups excluding tert-OH is 1. The molecule has 1 rings (SSSR count). The van der Waals surface area contributed by atoms with E-state index in [0.717, 1.165) is 44.9 Å². The molecular formula is C14H27NO2. The fourth-order valence-electron chi connectivity index (χ4n) is 2.42. The van der Waals surface area contributed by atoms with Crippen LogP contribution in [0.3, 0.4) is 0 Å². The molecule has 1 amide bonds. The largest absolute Gasteiger partial charge is 0.391 e. The molecule has 3 unspecified atom stereocenters. The summed E-state index contributed by atoms with van der Waals surface area (Å²) in [5.74, 6) is 0.190. The molecule has 0 aromatic rings. The van der Waals surface area contributed by atoms with Crippen LogP contribution in [0.5, 0.6) is 0 Å². The summed E-state index contributed by atoms with van der Waals surface area (Å²) in [6, 6.07) is -0.0194. The highest BCUT2D eigenvalue weighted by atomic mass is 16.3. The van der Waals surface area contributed by atoms with E-state index < -0.39 is 0 Å². The van der Waals surface area contributed by atoms with Crippen molar-refractivity contribution in [3.05, 3.63) is 0 Å². The molecule has 0 spiro atoms. The number of hydrogen-bond donors (Lipinski definition) is 2. The van der Waals surface area contributed by atoms with Gasteiger partial charge in [-0.05, 0) is 19.3 Å². The molecule has 0 radical (unpaired) electrons. The Kier molecular flexibility index (Phi) is 6.56. The lowest BCUT2D eigenvalue weighted by atomic mass is 10.0. The van der Waals surface area contributed by atoms with E-state index in [1.54, 1.807) is 0 Å². The first-order valence-electron chi connectivity index (χ1n) is 7.13. The van der Waals surface area contributed by atoms with Gasteiger partial charge in [0.15, 0.2) is 0 Å². The van der Waals surface area contributed by atoms with Crippen molar-refractivity contribution in [2.24, 2.45) is 5.92 Å². The van der Waals surface area contributed by atoms with Crippen molar-refractivity contribution in [2.75, 3.05) is 0 Å². The molecule has 3 atom stereocenters. The molecule has 100 valence electrons. The zero-order valence-corrected chi connectivity index (χ0v) is 11.2. The maximum absolute atomic E-state index is 12.0. The second kappa shape index (κ2) is 7.70. The molecule has 17 heavy (non-hydrogen) atoms. The Morgan fingerprint density at radius 3 is 2.76 bits per heavy atom. The molecule has 0 aliphatic heterocycles. The van der Waals surface area contributed by atoms with E-state index in [2.05, 4.69) is 12.2 Å². The van der Waals surface area contributed by atoms with E-state index >= 15 is 0 Å². The van der Waals surface area contributed by atoms with Gasteiger partial charge in [0.1, 0.15) is 0 Å². The maximum atomic E-state index is 12.0. The number of nitrogens with one attached hydrogen (secondary N) is 1. The van der Waals surface area contributed by atoms with Crippen LogP contribution in [0.2, 0.25) is 0 Å². The molecule has 1 saturated carbocycles. The zero-order chi connectivity index (χ0) is 12.7. The van der Waals surface area contributed by atoms with E-state index in [9.17, 15) is 9.90 Å². The first-order valence-corrected chi connectivity index (χ1v) is 7.13. The van der Waals surface area contributed by atoms with Crippen LogP contribution in [0, 0.1) is 5.92 Å². The lowest BCUT2D eigenvalue weighted by Gasteiger charge is -2.23. The number of rotatable bonds is 5. The fraction of sp³-hybridized carbons (Fsp3) is 0.929. The molecule has 2 N–H and O–H groups in total. The predicted octanol–water partition coefficient (Wildman–Crippen LogP) is 2.62. The highest BCUT2D eigenvalue weighted by Gasteiger charge is 2.24. The van der Waals surface area contributed by atoms with Gasteiger partial charge in [0.05, 0.1) is 12.1 Å². The van der Waals surface area contributed by atoms with Gasteiger partial charge in [-0.1, -0.05) is 46.0 Å². The summed E-state index contributed by atoms with van der Waals surface area (Å²) in [6.07, 6.45) is 7.96. The van der Waals surface area contributed by atoms with E-state index in [-0.39, 0.29) is 24.0 Å². The molecule has 3 heteroatoms. The average Bonchev–Trinajstić information content (AvgIpc) is 2.52. The van der Waals surface area contributed by atoms with Crippen molar-refractivity contribution in [1.82, 2.24) is 5.32 Å². The van der Waals surface area contributed by atoms with Crippen molar-refractivity contribution >= 4 is 5.91 Å². The number of unbranched alkanes of at least 4 members (excludes halogenated alkanes) is 1. The molecule has 0 aromatic carbocycles. The molecule has 3 nitrogen and oxygen atoms in total. The number of aliphatic hydroxyl groups is 1. The van der Waals surface area contributed by atoms with Crippen LogP contribution < -0.4 is 5.32 Å². The van der Waals surface area contributed by atoms with Crippen LogP contribution in [-0.2, 0) is 4.79 Å². The Labute approximate surface area is 105 Å². The Balaban J connectivity index is 2.37. The molecule has 1 aliphatic carbocycles. The summed E-state index contributed by atoms with van der Waals surface area (Å²) < 4.78 is 0. The van der Waals surface area contributed by atoms with Crippen LogP contribution >= 0.6 is 0 Å². The van der Waals surface area contributed by atoms with Crippen molar-refractivity contribution in [3.8, 4) is 0 Å². The smallest absolute Gasteiger partial charge is 0.223 e. The Morgan fingerprint density at radius 2 is 2.06 bits per heavy atom. The first kappa shape index (κ1) is 14.5. The molecule has 0 bridgehead atoms. The number of carbonyl (C=O) groups excluding carboxylic acids is 1. The topological polar surface area (TPSA) is 49.3 Å². The average molecular weight is 241 g/mol. The van der Waals surface area contributed by atoms with Crippen LogP contribution in [0.4, 0.5) is 0 Å². The normalized spacial score (nSPS) is 27.2. The summed E-state index contributed by atoms with van der Waals surface area (Å²) >= 11 is 0. The molecule has 1 fully saturated rings. The standard InChI is InChI=1S/C14H27NO2/c1-3-4-8-11(2)14(17)15-12-9-6-5-7-10-13(12)16/h11-13,16H,3-10H2,1-2H3,(H,15,17). The van der Waals surface area contributed by atoms with Crippen molar-refractivity contribution in [1.29, 1.82) is 0 Å². The second-order valence-electron chi connectivity index (χ2n) is 5.36. The van der Waals surface area contributed by atoms with Crippen molar-refractivity contribution in [3.63, 3.8) is 0 Å². The monoisotopic (exact) mass is 241 g/mol. The van der Waals surface area contributed by atoms with Gasteiger partial charge < -0.3 is 10.4 Å². The summed E-state index contributed by atoms with van der Waals surface area (Å²) in [5, 5.41) is 13.0. The number of hydrogen-bond acceptors (Lipinski definition) is 2. The van der Waals surface area contributed by atoms with Crippen LogP contribution in [0.15, 0.2) is 0 Å². The lowest BCUT2D eigenvalue weighted by Crippen LogP contribution is -2.44. The molecule has 1 aliphatic rings. The van der Waals surface area contributed by atoms with Crippen molar-refractivity contribution in [2.45, 2.75) is 77.4 Å². The van der Waals surface area contributed by atoms with Gasteiger partial charge in [-0.15, -0.1) is 0 Å². The van der Waals surface area contributed by atoms with Crippen LogP contribution in [-0.4, -0.2) is 23.2 Å². The Bertz CT molecular complexity index is 230. The summed E-state index contributed by atoms with van der Waals surface area (Å²) in [6.45, 7) is 4.12. The molecule has 0 aromatic heterocycles. The second-order valence-corrected chi connectivity index (χ2v) is 5.36. The van der Waals surface area contributed by atoms with Gasteiger partial charge in [0.2, 0.25) is 5.91 Å². The minimum atomic E-state index is -0.347. The Hall–Kier alpha value is -0.570. The quantitative estimate of drug-likeness (QED) is 0.727. The lowest BCUT2D eigenvalue weighted by molar-refractivity contribution is -0.126. The summed E-state index contributed by atoms with van der Waals surface area (Å²) in [5.41, 5.74) is 0. The maximum Gasteiger partial charge on any atom is 0.223 e. The van der Waals surface area contributed by atoms with E-state index in [1.165, 1.54) is 6.42 Å². The van der Waals surface area contributed by atoms with Crippen LogP contribution in [0.25, 0.3) is 0 Å². The molecular weight excluding hydrogens is 214 g/mol. The van der Waals surface area contributed by atoms with Gasteiger partial charge in [-0.25, -0.2) is 0 Å². The highest BCUT2D eigenvalue weighted by Crippen LogP contribution is 2.19. The SMILES string of the molecule is CCCCC(C)C(=O)NC1CCCCCC1O. The van der Waals surface area contributed by atoms with Gasteiger partial charge >= 0.3 is 0 Å².